The molecule has 1 aromatic rings. The number of benzene rings is 1. The topological polar surface area (TPSA) is 66.5 Å². The van der Waals surface area contributed by atoms with Gasteiger partial charge in [-0.3, -0.25) is 4.79 Å². The smallest absolute Gasteiger partial charge is 0.243 e. The molecule has 0 aliphatic carbocycles. The van der Waals surface area contributed by atoms with Crippen molar-refractivity contribution in [3.8, 4) is 0 Å². The van der Waals surface area contributed by atoms with Crippen LogP contribution in [0, 0.1) is 5.82 Å². The van der Waals surface area contributed by atoms with Crippen LogP contribution >= 0.6 is 0 Å². The molecule has 1 atom stereocenters. The van der Waals surface area contributed by atoms with Crippen LogP contribution in [-0.2, 0) is 14.8 Å². The molecule has 2 rings (SSSR count). The summed E-state index contributed by atoms with van der Waals surface area (Å²) in [6.45, 7) is 3.51. The first-order valence-corrected chi connectivity index (χ1v) is 8.55. The van der Waals surface area contributed by atoms with E-state index in [4.69, 9.17) is 0 Å². The molecule has 1 unspecified atom stereocenters. The van der Waals surface area contributed by atoms with E-state index in [1.807, 2.05) is 0 Å². The number of likely N-dealkylation sites (tertiary alicyclic amines) is 1. The molecular weight excluding hydrogens is 295 g/mol. The number of halogens is 1. The summed E-state index contributed by atoms with van der Waals surface area (Å²) in [5.41, 5.74) is -0.787. The van der Waals surface area contributed by atoms with Gasteiger partial charge in [0.15, 0.2) is 0 Å². The lowest BCUT2D eigenvalue weighted by molar-refractivity contribution is -0.144. The molecule has 1 heterocycles. The Kier molecular flexibility index (Phi) is 4.08. The zero-order valence-corrected chi connectivity index (χ0v) is 13.1. The lowest BCUT2D eigenvalue weighted by atomic mass is 9.91. The van der Waals surface area contributed by atoms with Crippen molar-refractivity contribution >= 4 is 15.9 Å². The number of sulfonamides is 1. The summed E-state index contributed by atoms with van der Waals surface area (Å²) >= 11 is 0. The molecule has 1 aliphatic heterocycles. The number of nitrogens with one attached hydrogen (secondary N) is 1. The Morgan fingerprint density at radius 1 is 1.38 bits per heavy atom. The Balaban J connectivity index is 2.19. The summed E-state index contributed by atoms with van der Waals surface area (Å²) in [6, 6.07) is 5.99. The van der Waals surface area contributed by atoms with Crippen molar-refractivity contribution in [2.45, 2.75) is 31.8 Å². The molecule has 1 N–H and O–H groups in total. The number of hydrogen-bond acceptors (Lipinski definition) is 3. The van der Waals surface area contributed by atoms with Crippen molar-refractivity contribution in [1.29, 1.82) is 0 Å². The number of nitrogens with zero attached hydrogens (tertiary/aromatic N) is 1. The molecule has 1 fully saturated rings. The Morgan fingerprint density at radius 3 is 2.48 bits per heavy atom. The van der Waals surface area contributed by atoms with Gasteiger partial charge < -0.3 is 4.90 Å². The molecule has 1 saturated heterocycles. The standard InChI is InChI=1S/C14H19FN2O3S/c1-14(2,16-21(3,19)20)13(18)17-9-8-12(17)10-6-4-5-7-11(10)15/h4-7,12,16H,8-9H2,1-3H3. The minimum Gasteiger partial charge on any atom is -0.334 e. The third kappa shape index (κ3) is 3.41. The summed E-state index contributed by atoms with van der Waals surface area (Å²) in [4.78, 5) is 14.0. The molecular formula is C14H19FN2O3S. The van der Waals surface area contributed by atoms with Gasteiger partial charge in [-0.2, -0.15) is 0 Å². The van der Waals surface area contributed by atoms with Crippen LogP contribution in [0.15, 0.2) is 24.3 Å². The van der Waals surface area contributed by atoms with Crippen molar-refractivity contribution in [3.63, 3.8) is 0 Å². The minimum absolute atomic E-state index is 0.334. The molecule has 116 valence electrons. The largest absolute Gasteiger partial charge is 0.334 e. The van der Waals surface area contributed by atoms with Gasteiger partial charge in [0.25, 0.3) is 0 Å². The third-order valence-corrected chi connectivity index (χ3v) is 4.40. The Bertz CT molecular complexity index is 658. The van der Waals surface area contributed by atoms with Crippen LogP contribution in [0.25, 0.3) is 0 Å². The van der Waals surface area contributed by atoms with Crippen LogP contribution in [0.3, 0.4) is 0 Å². The second kappa shape index (κ2) is 5.38. The SMILES string of the molecule is CC(C)(NS(C)(=O)=O)C(=O)N1CCC1c1ccccc1F. The molecule has 0 radical (unpaired) electrons. The van der Waals surface area contributed by atoms with Crippen molar-refractivity contribution in [2.24, 2.45) is 0 Å². The van der Waals surface area contributed by atoms with Crippen LogP contribution in [0.5, 0.6) is 0 Å². The first-order valence-electron chi connectivity index (χ1n) is 6.66. The fourth-order valence-electron chi connectivity index (χ4n) is 2.57. The molecule has 1 aliphatic rings. The van der Waals surface area contributed by atoms with E-state index >= 15 is 0 Å². The maximum absolute atomic E-state index is 13.8. The number of rotatable bonds is 4. The van der Waals surface area contributed by atoms with Gasteiger partial charge in [-0.05, 0) is 26.3 Å². The minimum atomic E-state index is -3.51. The van der Waals surface area contributed by atoms with Crippen LogP contribution in [0.2, 0.25) is 0 Å². The van der Waals surface area contributed by atoms with Gasteiger partial charge in [0.05, 0.1) is 12.3 Å². The van der Waals surface area contributed by atoms with Gasteiger partial charge in [0.2, 0.25) is 15.9 Å². The van der Waals surface area contributed by atoms with E-state index in [2.05, 4.69) is 4.72 Å². The molecule has 0 aromatic heterocycles. The molecule has 5 nitrogen and oxygen atoms in total. The fourth-order valence-corrected chi connectivity index (χ4v) is 3.58. The monoisotopic (exact) mass is 314 g/mol. The summed E-state index contributed by atoms with van der Waals surface area (Å²) in [5, 5.41) is 0. The van der Waals surface area contributed by atoms with Crippen LogP contribution in [-0.4, -0.2) is 37.6 Å². The van der Waals surface area contributed by atoms with E-state index in [-0.39, 0.29) is 17.8 Å². The van der Waals surface area contributed by atoms with E-state index in [9.17, 15) is 17.6 Å². The predicted molar refractivity (Wildman–Crippen MR) is 77.5 cm³/mol. The first kappa shape index (κ1) is 15.9. The summed E-state index contributed by atoms with van der Waals surface area (Å²) in [6.07, 6.45) is 1.67. The second-order valence-corrected chi connectivity index (χ2v) is 7.57. The van der Waals surface area contributed by atoms with E-state index in [1.54, 1.807) is 18.2 Å². The van der Waals surface area contributed by atoms with Gasteiger partial charge in [-0.1, -0.05) is 18.2 Å². The van der Waals surface area contributed by atoms with Crippen molar-refractivity contribution in [2.75, 3.05) is 12.8 Å². The zero-order valence-electron chi connectivity index (χ0n) is 12.3. The number of amides is 1. The molecule has 0 spiro atoms. The van der Waals surface area contributed by atoms with Gasteiger partial charge in [0.1, 0.15) is 11.4 Å². The lowest BCUT2D eigenvalue weighted by Crippen LogP contribution is -2.59. The molecule has 0 bridgehead atoms. The van der Waals surface area contributed by atoms with Crippen molar-refractivity contribution in [1.82, 2.24) is 9.62 Å². The van der Waals surface area contributed by atoms with E-state index in [0.29, 0.717) is 18.5 Å². The Hall–Kier alpha value is -1.47. The molecule has 0 saturated carbocycles. The highest BCUT2D eigenvalue weighted by atomic mass is 32.2. The normalized spacial score (nSPS) is 19.2. The van der Waals surface area contributed by atoms with Gasteiger partial charge in [-0.25, -0.2) is 17.5 Å². The number of hydrogen-bond donors (Lipinski definition) is 1. The zero-order chi connectivity index (χ0) is 15.8. The Morgan fingerprint density at radius 2 is 2.00 bits per heavy atom. The molecule has 21 heavy (non-hydrogen) atoms. The van der Waals surface area contributed by atoms with Crippen molar-refractivity contribution < 1.29 is 17.6 Å². The highest BCUT2D eigenvalue weighted by Gasteiger charge is 2.42. The summed E-state index contributed by atoms with van der Waals surface area (Å²) in [5.74, 6) is -0.707. The fraction of sp³-hybridized carbons (Fsp3) is 0.500. The predicted octanol–water partition coefficient (Wildman–Crippen LogP) is 1.43. The number of carbonyl (C=O) groups excluding carboxylic acids is 1. The van der Waals surface area contributed by atoms with E-state index in [1.165, 1.54) is 24.8 Å². The number of carbonyl (C=O) groups is 1. The molecule has 1 amide bonds. The average Bonchev–Trinajstić information content (AvgIpc) is 2.27. The average molecular weight is 314 g/mol. The summed E-state index contributed by atoms with van der Waals surface area (Å²) < 4.78 is 38.8. The first-order chi connectivity index (χ1) is 9.62. The van der Waals surface area contributed by atoms with E-state index in [0.717, 1.165) is 6.26 Å². The summed E-state index contributed by atoms with van der Waals surface area (Å²) in [7, 11) is -3.51. The molecule has 7 heteroatoms. The van der Waals surface area contributed by atoms with Gasteiger partial charge in [0, 0.05) is 12.1 Å². The maximum atomic E-state index is 13.8. The lowest BCUT2D eigenvalue weighted by Gasteiger charge is -2.45. The quantitative estimate of drug-likeness (QED) is 0.914. The highest BCUT2D eigenvalue weighted by Crippen LogP contribution is 2.36. The highest BCUT2D eigenvalue weighted by molar-refractivity contribution is 7.88. The maximum Gasteiger partial charge on any atom is 0.243 e. The van der Waals surface area contributed by atoms with Crippen LogP contribution in [0.4, 0.5) is 4.39 Å². The van der Waals surface area contributed by atoms with Gasteiger partial charge >= 0.3 is 0 Å². The Labute approximate surface area is 124 Å². The van der Waals surface area contributed by atoms with Crippen molar-refractivity contribution in [3.05, 3.63) is 35.6 Å². The van der Waals surface area contributed by atoms with Crippen LogP contribution < -0.4 is 4.72 Å². The molecule has 1 aromatic carbocycles. The second-order valence-electron chi connectivity index (χ2n) is 5.82. The van der Waals surface area contributed by atoms with E-state index < -0.39 is 15.6 Å². The third-order valence-electron chi connectivity index (χ3n) is 3.52. The van der Waals surface area contributed by atoms with Crippen LogP contribution in [0.1, 0.15) is 31.9 Å². The van der Waals surface area contributed by atoms with Gasteiger partial charge in [-0.15, -0.1) is 0 Å².